The van der Waals surface area contributed by atoms with E-state index in [9.17, 15) is 9.18 Å². The Morgan fingerprint density at radius 3 is 2.65 bits per heavy atom. The Morgan fingerprint density at radius 2 is 1.84 bits per heavy atom. The molecule has 0 unspecified atom stereocenters. The van der Waals surface area contributed by atoms with E-state index in [1.807, 2.05) is 54.0 Å². The minimum atomic E-state index is -0.387. The number of thiazole rings is 1. The summed E-state index contributed by atoms with van der Waals surface area (Å²) in [6, 6.07) is 18.3. The molecule has 4 heterocycles. The molecule has 2 aliphatic rings. The summed E-state index contributed by atoms with van der Waals surface area (Å²) in [4.78, 5) is 32.6. The van der Waals surface area contributed by atoms with Crippen molar-refractivity contribution in [1.82, 2.24) is 19.9 Å². The predicted octanol–water partition coefficient (Wildman–Crippen LogP) is 6.94. The Bertz CT molecular complexity index is 1830. The van der Waals surface area contributed by atoms with Gasteiger partial charge in [-0.1, -0.05) is 41.9 Å². The summed E-state index contributed by atoms with van der Waals surface area (Å²) in [6.45, 7) is 4.37. The Balaban J connectivity index is 1.10. The lowest BCUT2D eigenvalue weighted by Crippen LogP contribution is -2.46. The number of halogens is 2. The summed E-state index contributed by atoms with van der Waals surface area (Å²) in [5, 5.41) is 6.75. The van der Waals surface area contributed by atoms with Crippen molar-refractivity contribution in [2.45, 2.75) is 19.4 Å². The van der Waals surface area contributed by atoms with E-state index < -0.39 is 0 Å². The molecule has 5 aromatic rings. The lowest BCUT2D eigenvalue weighted by molar-refractivity contribution is 0.102. The third kappa shape index (κ3) is 5.63. The SMILES string of the molecule is O=C(Nc1nc(CN2CCN(c3ccccn3)CC2)cs1)c1c2c(nc3ccccc13)/C(=C/c1c(F)cccc1Cl)CC2. The monoisotopic (exact) mass is 610 g/mol. The van der Waals surface area contributed by atoms with Crippen LogP contribution in [0.1, 0.15) is 39.3 Å². The van der Waals surface area contributed by atoms with Gasteiger partial charge in [-0.2, -0.15) is 0 Å². The molecule has 2 aromatic carbocycles. The predicted molar refractivity (Wildman–Crippen MR) is 171 cm³/mol. The van der Waals surface area contributed by atoms with Crippen LogP contribution in [0.3, 0.4) is 0 Å². The van der Waals surface area contributed by atoms with Crippen LogP contribution in [-0.4, -0.2) is 51.9 Å². The highest BCUT2D eigenvalue weighted by atomic mass is 35.5. The number of aromatic nitrogens is 3. The van der Waals surface area contributed by atoms with Crippen LogP contribution in [-0.2, 0) is 13.0 Å². The van der Waals surface area contributed by atoms with Gasteiger partial charge in [0.25, 0.3) is 5.91 Å². The highest BCUT2D eigenvalue weighted by Crippen LogP contribution is 2.39. The third-order valence-corrected chi connectivity index (χ3v) is 9.13. The average molecular weight is 611 g/mol. The van der Waals surface area contributed by atoms with Gasteiger partial charge in [-0.15, -0.1) is 11.3 Å². The largest absolute Gasteiger partial charge is 0.354 e. The van der Waals surface area contributed by atoms with Crippen LogP contribution in [0, 0.1) is 5.82 Å². The van der Waals surface area contributed by atoms with E-state index in [2.05, 4.69) is 20.1 Å². The van der Waals surface area contributed by atoms with Crippen LogP contribution in [0.15, 0.2) is 72.2 Å². The zero-order valence-electron chi connectivity index (χ0n) is 23.3. The molecule has 0 bridgehead atoms. The molecule has 1 fully saturated rings. The lowest BCUT2D eigenvalue weighted by atomic mass is 10.00. The zero-order valence-corrected chi connectivity index (χ0v) is 24.8. The van der Waals surface area contributed by atoms with Gasteiger partial charge in [0.2, 0.25) is 0 Å². The molecule has 1 saturated heterocycles. The van der Waals surface area contributed by atoms with Gasteiger partial charge in [-0.25, -0.2) is 19.3 Å². The van der Waals surface area contributed by atoms with Gasteiger partial charge in [0.1, 0.15) is 11.6 Å². The van der Waals surface area contributed by atoms with Crippen molar-refractivity contribution in [3.8, 4) is 0 Å². The average Bonchev–Trinajstić information content (AvgIpc) is 3.64. The summed E-state index contributed by atoms with van der Waals surface area (Å²) in [5.41, 5.74) is 5.01. The Labute approximate surface area is 257 Å². The minimum Gasteiger partial charge on any atom is -0.354 e. The highest BCUT2D eigenvalue weighted by molar-refractivity contribution is 7.14. The first-order chi connectivity index (χ1) is 21.0. The van der Waals surface area contributed by atoms with Gasteiger partial charge in [-0.3, -0.25) is 15.0 Å². The third-order valence-electron chi connectivity index (χ3n) is 7.99. The number of carbonyl (C=O) groups excluding carboxylic acids is 1. The number of piperazine rings is 1. The molecule has 43 heavy (non-hydrogen) atoms. The normalized spacial score (nSPS) is 16.1. The summed E-state index contributed by atoms with van der Waals surface area (Å²) in [6.07, 6.45) is 4.85. The van der Waals surface area contributed by atoms with Gasteiger partial charge < -0.3 is 4.90 Å². The number of rotatable bonds is 6. The van der Waals surface area contributed by atoms with Gasteiger partial charge in [-0.05, 0) is 60.4 Å². The number of nitrogens with one attached hydrogen (secondary N) is 1. The molecule has 1 aliphatic carbocycles. The molecule has 1 amide bonds. The molecule has 0 spiro atoms. The molecule has 1 aliphatic heterocycles. The molecule has 10 heteroatoms. The Morgan fingerprint density at radius 1 is 1.00 bits per heavy atom. The first kappa shape index (κ1) is 27.6. The number of allylic oxidation sites excluding steroid dienone is 1. The maximum Gasteiger partial charge on any atom is 0.258 e. The fourth-order valence-corrected chi connectivity index (χ4v) is 6.78. The second kappa shape index (κ2) is 11.8. The number of hydrogen-bond acceptors (Lipinski definition) is 7. The number of fused-ring (bicyclic) bond motifs is 2. The molecular weight excluding hydrogens is 583 g/mol. The second-order valence-corrected chi connectivity index (χ2v) is 12.0. The number of para-hydroxylation sites is 1. The van der Waals surface area contributed by atoms with Gasteiger partial charge in [0.15, 0.2) is 5.13 Å². The van der Waals surface area contributed by atoms with Crippen LogP contribution < -0.4 is 10.2 Å². The van der Waals surface area contributed by atoms with Crippen molar-refractivity contribution in [3.05, 3.63) is 111 Å². The van der Waals surface area contributed by atoms with E-state index in [1.54, 1.807) is 18.2 Å². The topological polar surface area (TPSA) is 74.2 Å². The highest BCUT2D eigenvalue weighted by Gasteiger charge is 2.28. The number of hydrogen-bond donors (Lipinski definition) is 1. The Kier molecular flexibility index (Phi) is 7.61. The van der Waals surface area contributed by atoms with E-state index in [4.69, 9.17) is 21.6 Å². The fourth-order valence-electron chi connectivity index (χ4n) is 5.86. The number of benzene rings is 2. The maximum absolute atomic E-state index is 14.6. The van der Waals surface area contributed by atoms with Crippen LogP contribution >= 0.6 is 22.9 Å². The zero-order chi connectivity index (χ0) is 29.3. The summed E-state index contributed by atoms with van der Waals surface area (Å²) >= 11 is 7.74. The van der Waals surface area contributed by atoms with E-state index in [1.165, 1.54) is 17.4 Å². The van der Waals surface area contributed by atoms with Gasteiger partial charge in [0.05, 0.1) is 27.5 Å². The van der Waals surface area contributed by atoms with Crippen molar-refractivity contribution >= 4 is 62.3 Å². The molecule has 0 saturated carbocycles. The van der Waals surface area contributed by atoms with Crippen molar-refractivity contribution < 1.29 is 9.18 Å². The number of anilines is 2. The second-order valence-electron chi connectivity index (χ2n) is 10.7. The molecule has 0 atom stereocenters. The molecular formula is C33H28ClFN6OS. The van der Waals surface area contributed by atoms with Crippen LogP contribution in [0.2, 0.25) is 5.02 Å². The molecule has 3 aromatic heterocycles. The van der Waals surface area contributed by atoms with Crippen LogP contribution in [0.4, 0.5) is 15.3 Å². The first-order valence-electron chi connectivity index (χ1n) is 14.2. The fraction of sp³-hybridized carbons (Fsp3) is 0.212. The number of amides is 1. The molecule has 7 nitrogen and oxygen atoms in total. The van der Waals surface area contributed by atoms with Gasteiger partial charge in [0, 0.05) is 55.3 Å². The van der Waals surface area contributed by atoms with Crippen LogP contribution in [0.25, 0.3) is 22.6 Å². The van der Waals surface area contributed by atoms with E-state index >= 15 is 0 Å². The Hall–Kier alpha value is -4.18. The van der Waals surface area contributed by atoms with Crippen LogP contribution in [0.5, 0.6) is 0 Å². The quantitative estimate of drug-likeness (QED) is 0.224. The summed E-state index contributed by atoms with van der Waals surface area (Å²) < 4.78 is 14.6. The standard InChI is InChI=1S/C33H28ClFN6OS/c34-26-7-5-8-27(35)25(26)18-21-11-12-24-30(23-6-1-2-9-28(23)38-31(21)24)32(42)39-33-37-22(20-43-33)19-40-14-16-41(17-15-40)29-10-3-4-13-36-29/h1-10,13,18,20H,11-12,14-17,19H2,(H,37,39,42)/b21-18+. The van der Waals surface area contributed by atoms with E-state index in [0.29, 0.717) is 45.3 Å². The van der Waals surface area contributed by atoms with Gasteiger partial charge >= 0.3 is 0 Å². The van der Waals surface area contributed by atoms with Crippen molar-refractivity contribution in [2.24, 2.45) is 0 Å². The molecule has 0 radical (unpaired) electrons. The van der Waals surface area contributed by atoms with Crippen molar-refractivity contribution in [2.75, 3.05) is 36.4 Å². The lowest BCUT2D eigenvalue weighted by Gasteiger charge is -2.35. The van der Waals surface area contributed by atoms with E-state index in [0.717, 1.165) is 60.8 Å². The maximum atomic E-state index is 14.6. The number of carbonyl (C=O) groups is 1. The van der Waals surface area contributed by atoms with Crippen molar-refractivity contribution in [3.63, 3.8) is 0 Å². The molecule has 7 rings (SSSR count). The summed E-state index contributed by atoms with van der Waals surface area (Å²) in [7, 11) is 0. The molecule has 1 N–H and O–H groups in total. The number of nitrogens with zero attached hydrogens (tertiary/aromatic N) is 5. The first-order valence-corrected chi connectivity index (χ1v) is 15.5. The van der Waals surface area contributed by atoms with Crippen molar-refractivity contribution in [1.29, 1.82) is 0 Å². The smallest absolute Gasteiger partial charge is 0.258 e. The summed E-state index contributed by atoms with van der Waals surface area (Å²) in [5.74, 6) is 0.404. The van der Waals surface area contributed by atoms with E-state index in [-0.39, 0.29) is 11.7 Å². The molecule has 216 valence electrons. The number of pyridine rings is 2. The minimum absolute atomic E-state index is 0.218.